The maximum absolute atomic E-state index is 0. The minimum absolute atomic E-state index is 0. The van der Waals surface area contributed by atoms with Gasteiger partial charge in [0.1, 0.15) is 0 Å². The first-order chi connectivity index (χ1) is 0. The Morgan fingerprint density at radius 2 is 0.800 bits per heavy atom. The zero-order valence-electron chi connectivity index (χ0n) is 2.35. The van der Waals surface area contributed by atoms with E-state index in [1.165, 1.54) is 0 Å². The molecule has 0 amide bonds. The van der Waals surface area contributed by atoms with Crippen molar-refractivity contribution in [2.45, 2.75) is 0 Å². The van der Waals surface area contributed by atoms with Crippen LogP contribution in [0.25, 0.3) is 0 Å². The van der Waals surface area contributed by atoms with Gasteiger partial charge in [-0.25, -0.2) is 0 Å². The van der Waals surface area contributed by atoms with Crippen molar-refractivity contribution in [1.82, 2.24) is 0 Å². The fraction of sp³-hybridized carbons (Fsp3) is 0. The van der Waals surface area contributed by atoms with Crippen LogP contribution in [-0.4, -0.2) is 43.2 Å². The Kier molecular flexibility index (Phi) is 435. The van der Waals surface area contributed by atoms with Gasteiger partial charge in [-0.1, -0.05) is 0 Å². The Labute approximate surface area is 79.4 Å². The second-order valence-electron chi connectivity index (χ2n) is 0. The average Bonchev–Trinajstić information content (AvgIpc) is 0. The van der Waals surface area contributed by atoms with Crippen molar-refractivity contribution >= 4 is 62.6 Å². The Bertz CT molecular complexity index is 6.85. The molecule has 0 fully saturated rings. The number of hydrogen-bond donors (Lipinski definition) is 0. The van der Waals surface area contributed by atoms with E-state index in [1.807, 2.05) is 0 Å². The zero-order valence-corrected chi connectivity index (χ0v) is 6.95. The van der Waals surface area contributed by atoms with Gasteiger partial charge < -0.3 is 17.9 Å². The van der Waals surface area contributed by atoms with Gasteiger partial charge in [-0.3, -0.25) is 0 Å². The van der Waals surface area contributed by atoms with Gasteiger partial charge in [0, 0.05) is 0 Å². The molecule has 0 spiro atoms. The minimum atomic E-state index is 0. The summed E-state index contributed by atoms with van der Waals surface area (Å²) in [4.78, 5) is 0. The summed E-state index contributed by atoms with van der Waals surface area (Å²) in [6.45, 7) is 0. The summed E-state index contributed by atoms with van der Waals surface area (Å²) >= 11 is 0. The molecule has 0 bridgehead atoms. The molecule has 0 unspecified atom stereocenters. The van der Waals surface area contributed by atoms with Crippen molar-refractivity contribution in [1.29, 1.82) is 0 Å². The van der Waals surface area contributed by atoms with Gasteiger partial charge in [0.2, 0.25) is 0 Å². The first kappa shape index (κ1) is 60.2. The molecular weight excluding hydrogens is 162 g/mol. The van der Waals surface area contributed by atoms with Crippen LogP contribution in [0, 0.1) is 0 Å². The van der Waals surface area contributed by atoms with E-state index in [9.17, 15) is 0 Å². The fourth-order valence-corrected chi connectivity index (χ4v) is 0. The zero-order chi connectivity index (χ0) is 0. The summed E-state index contributed by atoms with van der Waals surface area (Å²) in [5.41, 5.74) is 0. The third kappa shape index (κ3) is 23.3. The molecule has 0 aliphatic carbocycles. The predicted molar refractivity (Wildman–Crippen MR) is 22.2 cm³/mol. The fourth-order valence-electron chi connectivity index (χ4n) is 0. The summed E-state index contributed by atoms with van der Waals surface area (Å²) in [5.74, 6) is 0. The van der Waals surface area contributed by atoms with Crippen molar-refractivity contribution < 1.29 is 17.9 Å². The normalized spacial score (nSPS) is 0. The average molecular weight is 165 g/mol. The van der Waals surface area contributed by atoms with E-state index < -0.39 is 0 Å². The molecule has 0 saturated carbocycles. The third-order valence-corrected chi connectivity index (χ3v) is 0. The minimum Gasteiger partial charge on any atom is -1.00 e. The molecule has 0 aliphatic heterocycles. The van der Waals surface area contributed by atoms with Crippen LogP contribution >= 0.6 is 24.8 Å². The van der Waals surface area contributed by atoms with Gasteiger partial charge in [-0.2, -0.15) is 0 Å². The van der Waals surface area contributed by atoms with Crippen molar-refractivity contribution in [2.24, 2.45) is 0 Å². The molecule has 0 heterocycles. The first-order valence-corrected chi connectivity index (χ1v) is 0. The molecule has 0 saturated heterocycles. The topological polar surface area (TPSA) is 30.0 Å². The van der Waals surface area contributed by atoms with E-state index in [4.69, 9.17) is 0 Å². The van der Waals surface area contributed by atoms with Gasteiger partial charge in [-0.15, -0.1) is 24.8 Å². The van der Waals surface area contributed by atoms with E-state index in [0.717, 1.165) is 0 Å². The SMILES string of the molecule is Cl.Cl.[Ca+2].[Cl-].[OH-]. The smallest absolute Gasteiger partial charge is 1.00 e. The summed E-state index contributed by atoms with van der Waals surface area (Å²) in [6.07, 6.45) is 0. The van der Waals surface area contributed by atoms with E-state index >= 15 is 0 Å². The van der Waals surface area contributed by atoms with Crippen LogP contribution in [0.3, 0.4) is 0 Å². The van der Waals surface area contributed by atoms with Crippen molar-refractivity contribution in [2.75, 3.05) is 0 Å². The van der Waals surface area contributed by atoms with Crippen LogP contribution in [0.2, 0.25) is 0 Å². The standard InChI is InChI=1S/Ca.3ClH.H2O/h;3*1H;1H2/q+2;;;;/p-2. The van der Waals surface area contributed by atoms with Crippen LogP contribution in [-0.2, 0) is 0 Å². The molecule has 5 heavy (non-hydrogen) atoms. The third-order valence-electron chi connectivity index (χ3n) is 0. The van der Waals surface area contributed by atoms with Crippen LogP contribution in [0.4, 0.5) is 0 Å². The Balaban J connectivity index is 0. The quantitative estimate of drug-likeness (QED) is 0.359. The van der Waals surface area contributed by atoms with Crippen LogP contribution in [0.15, 0.2) is 0 Å². The summed E-state index contributed by atoms with van der Waals surface area (Å²) in [6, 6.07) is 0. The Morgan fingerprint density at radius 1 is 0.800 bits per heavy atom. The molecular formula is H3CaCl3O. The summed E-state index contributed by atoms with van der Waals surface area (Å²) in [5, 5.41) is 0. The van der Waals surface area contributed by atoms with Crippen LogP contribution in [0.5, 0.6) is 0 Å². The molecule has 1 nitrogen and oxygen atoms in total. The largest absolute Gasteiger partial charge is 2.00 e. The van der Waals surface area contributed by atoms with Crippen molar-refractivity contribution in [3.05, 3.63) is 0 Å². The van der Waals surface area contributed by atoms with Gasteiger partial charge in [-0.05, 0) is 0 Å². The molecule has 5 heteroatoms. The second-order valence-corrected chi connectivity index (χ2v) is 0. The van der Waals surface area contributed by atoms with E-state index in [2.05, 4.69) is 0 Å². The number of hydrogen-bond acceptors (Lipinski definition) is 1. The molecule has 1 N–H and O–H groups in total. The van der Waals surface area contributed by atoms with E-state index in [1.54, 1.807) is 0 Å². The van der Waals surface area contributed by atoms with Crippen molar-refractivity contribution in [3.8, 4) is 0 Å². The predicted octanol–water partition coefficient (Wildman–Crippen LogP) is -2.71. The van der Waals surface area contributed by atoms with E-state index in [0.29, 0.717) is 0 Å². The van der Waals surface area contributed by atoms with Gasteiger partial charge >= 0.3 is 37.7 Å². The Hall–Kier alpha value is 2.09. The second kappa shape index (κ2) is 36.1. The number of halogens is 3. The molecule has 0 rings (SSSR count). The molecule has 0 aromatic carbocycles. The molecule has 0 aliphatic rings. The van der Waals surface area contributed by atoms with E-state index in [-0.39, 0.29) is 80.4 Å². The molecule has 0 radical (unpaired) electrons. The van der Waals surface area contributed by atoms with Gasteiger partial charge in [0.15, 0.2) is 0 Å². The maximum Gasteiger partial charge on any atom is 2.00 e. The molecule has 0 aromatic rings. The van der Waals surface area contributed by atoms with Gasteiger partial charge in [0.25, 0.3) is 0 Å². The summed E-state index contributed by atoms with van der Waals surface area (Å²) < 4.78 is 0. The molecule has 0 atom stereocenters. The molecule has 32 valence electrons. The van der Waals surface area contributed by atoms with Crippen molar-refractivity contribution in [3.63, 3.8) is 0 Å². The van der Waals surface area contributed by atoms with Gasteiger partial charge in [0.05, 0.1) is 0 Å². The van der Waals surface area contributed by atoms with Crippen LogP contribution < -0.4 is 12.4 Å². The summed E-state index contributed by atoms with van der Waals surface area (Å²) in [7, 11) is 0. The molecule has 0 aromatic heterocycles. The monoisotopic (exact) mass is 164 g/mol. The number of rotatable bonds is 0. The maximum atomic E-state index is 0. The van der Waals surface area contributed by atoms with Crippen LogP contribution in [0.1, 0.15) is 0 Å². The first-order valence-electron chi connectivity index (χ1n) is 0. The Morgan fingerprint density at radius 3 is 0.800 bits per heavy atom.